The zero-order valence-corrected chi connectivity index (χ0v) is 13.3. The third kappa shape index (κ3) is 2.19. The molecule has 2 amide bonds. The summed E-state index contributed by atoms with van der Waals surface area (Å²) in [6.07, 6.45) is 0. The minimum absolute atomic E-state index is 0.168. The highest BCUT2D eigenvalue weighted by Gasteiger charge is 2.48. The van der Waals surface area contributed by atoms with Crippen molar-refractivity contribution in [3.63, 3.8) is 0 Å². The minimum Gasteiger partial charge on any atom is -0.319 e. The van der Waals surface area contributed by atoms with Crippen LogP contribution in [0.15, 0.2) is 59.8 Å². The molecule has 2 aromatic rings. The Labute approximate surface area is 146 Å². The number of carbonyl (C=O) groups is 4. The third-order valence-corrected chi connectivity index (χ3v) is 4.28. The normalized spacial score (nSPS) is 15.9. The van der Waals surface area contributed by atoms with E-state index < -0.39 is 29.0 Å². The van der Waals surface area contributed by atoms with Gasteiger partial charge in [0, 0.05) is 10.6 Å². The molecule has 0 unspecified atom stereocenters. The lowest BCUT2D eigenvalue weighted by molar-refractivity contribution is -0.132. The molecule has 6 nitrogen and oxygen atoms in total. The Kier molecular flexibility index (Phi) is 3.30. The van der Waals surface area contributed by atoms with E-state index in [0.717, 1.165) is 4.90 Å². The van der Waals surface area contributed by atoms with Crippen LogP contribution in [0, 0.1) is 0 Å². The molecule has 0 fully saturated rings. The van der Waals surface area contributed by atoms with Gasteiger partial charge in [0.1, 0.15) is 11.3 Å². The molecule has 4 rings (SSSR count). The number of fused-ring (bicyclic) bond motifs is 3. The van der Waals surface area contributed by atoms with Crippen LogP contribution in [0.1, 0.15) is 10.4 Å². The number of hydrogen-bond donors (Lipinski definition) is 1. The molecule has 0 spiro atoms. The number of amides is 2. The van der Waals surface area contributed by atoms with Crippen LogP contribution in [0.3, 0.4) is 0 Å². The number of Topliss-reactive ketones (excluding diaryl/α,β-unsaturated/α-hetero) is 2. The summed E-state index contributed by atoms with van der Waals surface area (Å²) >= 11 is 5.80. The van der Waals surface area contributed by atoms with Gasteiger partial charge in [-0.15, -0.1) is 0 Å². The molecule has 0 saturated carbocycles. The summed E-state index contributed by atoms with van der Waals surface area (Å²) in [5.41, 5.74) is 0.251. The van der Waals surface area contributed by atoms with E-state index >= 15 is 0 Å². The van der Waals surface area contributed by atoms with Crippen LogP contribution < -0.4 is 10.2 Å². The van der Waals surface area contributed by atoms with Gasteiger partial charge in [-0.1, -0.05) is 23.7 Å². The van der Waals surface area contributed by atoms with Crippen LogP contribution in [-0.2, 0) is 14.4 Å². The van der Waals surface area contributed by atoms with Crippen LogP contribution in [-0.4, -0.2) is 23.4 Å². The molecule has 0 saturated heterocycles. The number of benzene rings is 2. The largest absolute Gasteiger partial charge is 0.319 e. The van der Waals surface area contributed by atoms with Crippen LogP contribution >= 0.6 is 11.6 Å². The van der Waals surface area contributed by atoms with E-state index in [1.165, 1.54) is 24.3 Å². The summed E-state index contributed by atoms with van der Waals surface area (Å²) in [7, 11) is 0. The van der Waals surface area contributed by atoms with Crippen molar-refractivity contribution in [1.29, 1.82) is 0 Å². The molecule has 2 aromatic carbocycles. The Morgan fingerprint density at radius 1 is 0.960 bits per heavy atom. The van der Waals surface area contributed by atoms with E-state index in [2.05, 4.69) is 5.32 Å². The monoisotopic (exact) mass is 352 g/mol. The number of nitrogens with zero attached hydrogens (tertiary/aromatic N) is 1. The number of carbonyl (C=O) groups excluding carboxylic acids is 4. The van der Waals surface area contributed by atoms with Crippen molar-refractivity contribution < 1.29 is 19.2 Å². The Morgan fingerprint density at radius 2 is 1.64 bits per heavy atom. The van der Waals surface area contributed by atoms with Gasteiger partial charge in [0.15, 0.2) is 5.78 Å². The van der Waals surface area contributed by atoms with E-state index in [9.17, 15) is 19.2 Å². The maximum absolute atomic E-state index is 12.7. The van der Waals surface area contributed by atoms with Crippen molar-refractivity contribution in [2.75, 3.05) is 10.2 Å². The highest BCUT2D eigenvalue weighted by molar-refractivity contribution is 6.60. The average Bonchev–Trinajstić information content (AvgIpc) is 2.88. The lowest BCUT2D eigenvalue weighted by Crippen LogP contribution is -2.37. The molecule has 1 N–H and O–H groups in total. The van der Waals surface area contributed by atoms with Crippen molar-refractivity contribution in [3.8, 4) is 0 Å². The van der Waals surface area contributed by atoms with Crippen molar-refractivity contribution in [2.24, 2.45) is 0 Å². The lowest BCUT2D eigenvalue weighted by atomic mass is 9.99. The first kappa shape index (κ1) is 15.3. The first-order chi connectivity index (χ1) is 12.0. The maximum Gasteiger partial charge on any atom is 0.304 e. The van der Waals surface area contributed by atoms with E-state index in [-0.39, 0.29) is 11.3 Å². The Morgan fingerprint density at radius 3 is 2.36 bits per heavy atom. The predicted octanol–water partition coefficient (Wildman–Crippen LogP) is 2.34. The van der Waals surface area contributed by atoms with Gasteiger partial charge >= 0.3 is 5.91 Å². The summed E-state index contributed by atoms with van der Waals surface area (Å²) in [6.45, 7) is 0. The van der Waals surface area contributed by atoms with Gasteiger partial charge in [-0.3, -0.25) is 24.1 Å². The predicted molar refractivity (Wildman–Crippen MR) is 90.4 cm³/mol. The number of anilines is 2. The van der Waals surface area contributed by atoms with Gasteiger partial charge in [-0.2, -0.15) is 0 Å². The molecule has 0 aromatic heterocycles. The fourth-order valence-electron chi connectivity index (χ4n) is 2.89. The molecule has 0 radical (unpaired) electrons. The van der Waals surface area contributed by atoms with Gasteiger partial charge in [0.2, 0.25) is 0 Å². The van der Waals surface area contributed by atoms with Gasteiger partial charge in [0.05, 0.1) is 11.4 Å². The van der Waals surface area contributed by atoms with Crippen LogP contribution in [0.2, 0.25) is 5.02 Å². The van der Waals surface area contributed by atoms with Crippen LogP contribution in [0.4, 0.5) is 11.4 Å². The molecule has 0 bridgehead atoms. The van der Waals surface area contributed by atoms with Crippen molar-refractivity contribution in [3.05, 3.63) is 70.4 Å². The fourth-order valence-corrected chi connectivity index (χ4v) is 3.01. The second-order valence-electron chi connectivity index (χ2n) is 5.50. The Hall–Kier alpha value is -3.25. The van der Waals surface area contributed by atoms with Crippen LogP contribution in [0.25, 0.3) is 0 Å². The number of rotatable bonds is 2. The minimum atomic E-state index is -0.998. The zero-order valence-electron chi connectivity index (χ0n) is 12.6. The number of ketones is 2. The Balaban J connectivity index is 1.90. The molecule has 0 aliphatic carbocycles. The number of hydrogen-bond acceptors (Lipinski definition) is 4. The van der Waals surface area contributed by atoms with E-state index in [1.807, 2.05) is 0 Å². The Bertz CT molecular complexity index is 1010. The number of nitrogens with one attached hydrogen (secondary N) is 1. The first-order valence-corrected chi connectivity index (χ1v) is 7.70. The van der Waals surface area contributed by atoms with E-state index in [0.29, 0.717) is 16.4 Å². The molecule has 25 heavy (non-hydrogen) atoms. The SMILES string of the molecule is O=C1Nc2ccccc2N2C(=O)C(=O)C(C(=O)c3ccc(Cl)cc3)=C12. The van der Waals surface area contributed by atoms with Gasteiger partial charge in [-0.25, -0.2) is 0 Å². The standard InChI is InChI=1S/C18H9ClN2O4/c19-10-7-5-9(6-8-10)15(22)13-14-17(24)20-11-3-1-2-4-12(11)21(14)18(25)16(13)23/h1-8H,(H,20,24). The zero-order chi connectivity index (χ0) is 17.7. The highest BCUT2D eigenvalue weighted by atomic mass is 35.5. The summed E-state index contributed by atoms with van der Waals surface area (Å²) < 4.78 is 0. The molecule has 122 valence electrons. The molecular weight excluding hydrogens is 344 g/mol. The smallest absolute Gasteiger partial charge is 0.304 e. The molecular formula is C18H9ClN2O4. The maximum atomic E-state index is 12.7. The topological polar surface area (TPSA) is 83.6 Å². The van der Waals surface area contributed by atoms with Gasteiger partial charge in [-0.05, 0) is 36.4 Å². The third-order valence-electron chi connectivity index (χ3n) is 4.03. The quantitative estimate of drug-likeness (QED) is 0.511. The molecule has 7 heteroatoms. The van der Waals surface area contributed by atoms with E-state index in [4.69, 9.17) is 11.6 Å². The summed E-state index contributed by atoms with van der Waals surface area (Å²) in [5, 5.41) is 3.03. The highest BCUT2D eigenvalue weighted by Crippen LogP contribution is 2.39. The van der Waals surface area contributed by atoms with Crippen LogP contribution in [0.5, 0.6) is 0 Å². The summed E-state index contributed by atoms with van der Waals surface area (Å²) in [6, 6.07) is 12.4. The summed E-state index contributed by atoms with van der Waals surface area (Å²) in [5.74, 6) is -3.28. The number of halogens is 1. The van der Waals surface area contributed by atoms with Crippen molar-refractivity contribution >= 4 is 46.4 Å². The lowest BCUT2D eigenvalue weighted by Gasteiger charge is -2.27. The molecule has 2 heterocycles. The second kappa shape index (κ2) is 5.39. The van der Waals surface area contributed by atoms with E-state index in [1.54, 1.807) is 24.3 Å². The average molecular weight is 353 g/mol. The van der Waals surface area contributed by atoms with Gasteiger partial charge < -0.3 is 5.32 Å². The van der Waals surface area contributed by atoms with Crippen molar-refractivity contribution in [1.82, 2.24) is 0 Å². The number of para-hydroxylation sites is 2. The fraction of sp³-hybridized carbons (Fsp3) is 0. The first-order valence-electron chi connectivity index (χ1n) is 7.33. The molecule has 0 atom stereocenters. The second-order valence-corrected chi connectivity index (χ2v) is 5.94. The summed E-state index contributed by atoms with van der Waals surface area (Å²) in [4.78, 5) is 51.0. The molecule has 2 aliphatic heterocycles. The molecule has 2 aliphatic rings. The van der Waals surface area contributed by atoms with Gasteiger partial charge in [0.25, 0.3) is 11.7 Å². The van der Waals surface area contributed by atoms with Crippen molar-refractivity contribution in [2.45, 2.75) is 0 Å².